The fourth-order valence-corrected chi connectivity index (χ4v) is 2.47. The first-order valence-corrected chi connectivity index (χ1v) is 7.01. The highest BCUT2D eigenvalue weighted by atomic mass is 19.1. The largest absolute Gasteiger partial charge is 0.312 e. The number of nitrogens with one attached hydrogen (secondary N) is 1. The summed E-state index contributed by atoms with van der Waals surface area (Å²) in [5, 5.41) is 11.8. The van der Waals surface area contributed by atoms with E-state index in [-0.39, 0.29) is 11.9 Å². The first-order valence-electron chi connectivity index (χ1n) is 7.01. The van der Waals surface area contributed by atoms with Crippen LogP contribution in [0.1, 0.15) is 43.3 Å². The Labute approximate surface area is 119 Å². The number of rotatable bonds is 5. The Morgan fingerprint density at radius 2 is 2.10 bits per heavy atom. The molecule has 0 saturated carbocycles. The van der Waals surface area contributed by atoms with Crippen molar-refractivity contribution in [1.82, 2.24) is 20.3 Å². The van der Waals surface area contributed by atoms with Crippen molar-refractivity contribution in [3.63, 3.8) is 0 Å². The van der Waals surface area contributed by atoms with Gasteiger partial charge in [0, 0.05) is 5.56 Å². The van der Waals surface area contributed by atoms with Crippen molar-refractivity contribution in [2.45, 2.75) is 39.7 Å². The van der Waals surface area contributed by atoms with E-state index in [1.807, 2.05) is 13.1 Å². The monoisotopic (exact) mass is 276 g/mol. The van der Waals surface area contributed by atoms with Crippen LogP contribution in [0.15, 0.2) is 18.2 Å². The quantitative estimate of drug-likeness (QED) is 0.913. The minimum atomic E-state index is -0.220. The average molecular weight is 276 g/mol. The van der Waals surface area contributed by atoms with Crippen LogP contribution in [0, 0.1) is 12.7 Å². The summed E-state index contributed by atoms with van der Waals surface area (Å²) < 4.78 is 15.5. The third kappa shape index (κ3) is 2.45. The van der Waals surface area contributed by atoms with Crippen molar-refractivity contribution in [2.75, 3.05) is 7.05 Å². The molecule has 108 valence electrons. The van der Waals surface area contributed by atoms with Crippen molar-refractivity contribution < 1.29 is 4.39 Å². The van der Waals surface area contributed by atoms with Crippen molar-refractivity contribution in [3.05, 3.63) is 41.0 Å². The molecule has 1 heterocycles. The molecule has 5 heteroatoms. The molecule has 0 aliphatic carbocycles. The molecule has 0 radical (unpaired) electrons. The van der Waals surface area contributed by atoms with Gasteiger partial charge in [0.15, 0.2) is 0 Å². The Morgan fingerprint density at radius 1 is 1.35 bits per heavy atom. The standard InChI is InChI=1S/C15H21FN4/c1-5-12(17-4)15-13(6-2)20(19-18-15)14-9-7-8-11(16)10(14)3/h7-9,12,17H,5-6H2,1-4H3. The van der Waals surface area contributed by atoms with Gasteiger partial charge in [-0.25, -0.2) is 9.07 Å². The number of nitrogens with zero attached hydrogens (tertiary/aromatic N) is 3. The van der Waals surface area contributed by atoms with Crippen molar-refractivity contribution in [1.29, 1.82) is 0 Å². The summed E-state index contributed by atoms with van der Waals surface area (Å²) in [6, 6.07) is 5.21. The van der Waals surface area contributed by atoms with Crippen LogP contribution in [0.4, 0.5) is 4.39 Å². The molecule has 1 atom stereocenters. The molecule has 20 heavy (non-hydrogen) atoms. The lowest BCUT2D eigenvalue weighted by atomic mass is 10.1. The summed E-state index contributed by atoms with van der Waals surface area (Å²) in [5.41, 5.74) is 3.32. The summed E-state index contributed by atoms with van der Waals surface area (Å²) in [7, 11) is 1.92. The van der Waals surface area contributed by atoms with Crippen LogP contribution in [0.3, 0.4) is 0 Å². The molecule has 0 aliphatic rings. The highest BCUT2D eigenvalue weighted by molar-refractivity contribution is 5.42. The molecule has 1 aromatic heterocycles. The maximum Gasteiger partial charge on any atom is 0.128 e. The molecule has 0 saturated heterocycles. The molecule has 0 spiro atoms. The van der Waals surface area contributed by atoms with Crippen LogP contribution in [-0.4, -0.2) is 22.0 Å². The van der Waals surface area contributed by atoms with Crippen molar-refractivity contribution >= 4 is 0 Å². The number of hydrogen-bond acceptors (Lipinski definition) is 3. The van der Waals surface area contributed by atoms with Gasteiger partial charge >= 0.3 is 0 Å². The number of aromatic nitrogens is 3. The van der Waals surface area contributed by atoms with Crippen LogP contribution in [0.5, 0.6) is 0 Å². The lowest BCUT2D eigenvalue weighted by Crippen LogP contribution is -2.17. The second-order valence-electron chi connectivity index (χ2n) is 4.82. The van der Waals surface area contributed by atoms with Crippen LogP contribution in [-0.2, 0) is 6.42 Å². The van der Waals surface area contributed by atoms with Crippen LogP contribution in [0.2, 0.25) is 0 Å². The number of hydrogen-bond donors (Lipinski definition) is 1. The molecule has 0 aliphatic heterocycles. The normalized spacial score (nSPS) is 12.7. The molecule has 0 amide bonds. The predicted molar refractivity (Wildman–Crippen MR) is 77.5 cm³/mol. The zero-order valence-electron chi connectivity index (χ0n) is 12.4. The highest BCUT2D eigenvalue weighted by Crippen LogP contribution is 2.23. The predicted octanol–water partition coefficient (Wildman–Crippen LogP) is 2.95. The van der Waals surface area contributed by atoms with Gasteiger partial charge in [0.2, 0.25) is 0 Å². The third-order valence-corrected chi connectivity index (χ3v) is 3.68. The van der Waals surface area contributed by atoms with E-state index in [1.165, 1.54) is 6.07 Å². The second kappa shape index (κ2) is 6.13. The van der Waals surface area contributed by atoms with E-state index in [2.05, 4.69) is 29.5 Å². The number of halogens is 1. The lowest BCUT2D eigenvalue weighted by Gasteiger charge is -2.14. The molecule has 4 nitrogen and oxygen atoms in total. The fourth-order valence-electron chi connectivity index (χ4n) is 2.47. The van der Waals surface area contributed by atoms with E-state index < -0.39 is 0 Å². The van der Waals surface area contributed by atoms with E-state index in [1.54, 1.807) is 17.7 Å². The van der Waals surface area contributed by atoms with Crippen LogP contribution in [0.25, 0.3) is 5.69 Å². The zero-order chi connectivity index (χ0) is 14.7. The maximum atomic E-state index is 13.7. The van der Waals surface area contributed by atoms with Crippen molar-refractivity contribution in [2.24, 2.45) is 0 Å². The zero-order valence-corrected chi connectivity index (χ0v) is 12.4. The van der Waals surface area contributed by atoms with Gasteiger partial charge in [0.1, 0.15) is 11.5 Å². The summed E-state index contributed by atoms with van der Waals surface area (Å²) in [4.78, 5) is 0. The first kappa shape index (κ1) is 14.7. The summed E-state index contributed by atoms with van der Waals surface area (Å²) >= 11 is 0. The molecule has 0 fully saturated rings. The van der Waals surface area contributed by atoms with Gasteiger partial charge in [-0.05, 0) is 38.9 Å². The van der Waals surface area contributed by atoms with E-state index >= 15 is 0 Å². The molecule has 2 rings (SSSR count). The van der Waals surface area contributed by atoms with Gasteiger partial charge in [-0.2, -0.15) is 0 Å². The Kier molecular flexibility index (Phi) is 4.49. The van der Waals surface area contributed by atoms with E-state index in [4.69, 9.17) is 0 Å². The third-order valence-electron chi connectivity index (χ3n) is 3.68. The van der Waals surface area contributed by atoms with Crippen LogP contribution >= 0.6 is 0 Å². The Balaban J connectivity index is 2.56. The van der Waals surface area contributed by atoms with Gasteiger partial charge < -0.3 is 5.32 Å². The smallest absolute Gasteiger partial charge is 0.128 e. The molecule has 2 aromatic rings. The second-order valence-corrected chi connectivity index (χ2v) is 4.82. The minimum Gasteiger partial charge on any atom is -0.312 e. The van der Waals surface area contributed by atoms with E-state index in [9.17, 15) is 4.39 Å². The van der Waals surface area contributed by atoms with Gasteiger partial charge in [-0.3, -0.25) is 0 Å². The van der Waals surface area contributed by atoms with Crippen molar-refractivity contribution in [3.8, 4) is 5.69 Å². The van der Waals surface area contributed by atoms with Gasteiger partial charge in [0.25, 0.3) is 0 Å². The summed E-state index contributed by atoms with van der Waals surface area (Å²) in [6.45, 7) is 5.93. The molecule has 1 unspecified atom stereocenters. The van der Waals surface area contributed by atoms with Gasteiger partial charge in [0.05, 0.1) is 17.4 Å². The van der Waals surface area contributed by atoms with E-state index in [0.29, 0.717) is 5.56 Å². The fraction of sp³-hybridized carbons (Fsp3) is 0.467. The maximum absolute atomic E-state index is 13.7. The molecular weight excluding hydrogens is 255 g/mol. The first-order chi connectivity index (χ1) is 9.63. The summed E-state index contributed by atoms with van der Waals surface area (Å²) in [5.74, 6) is -0.220. The molecule has 1 N–H and O–H groups in total. The summed E-state index contributed by atoms with van der Waals surface area (Å²) in [6.07, 6.45) is 1.74. The van der Waals surface area contributed by atoms with Gasteiger partial charge in [-0.15, -0.1) is 5.10 Å². The Morgan fingerprint density at radius 3 is 2.70 bits per heavy atom. The topological polar surface area (TPSA) is 42.7 Å². The minimum absolute atomic E-state index is 0.174. The van der Waals surface area contributed by atoms with Crippen LogP contribution < -0.4 is 5.32 Å². The SMILES string of the molecule is CCc1c(C(CC)NC)nnn1-c1cccc(F)c1C. The number of benzene rings is 1. The highest BCUT2D eigenvalue weighted by Gasteiger charge is 2.20. The van der Waals surface area contributed by atoms with E-state index in [0.717, 1.165) is 29.9 Å². The van der Waals surface area contributed by atoms with Gasteiger partial charge in [-0.1, -0.05) is 25.1 Å². The lowest BCUT2D eigenvalue weighted by molar-refractivity contribution is 0.555. The Bertz CT molecular complexity index is 588. The molecule has 1 aromatic carbocycles. The molecular formula is C15H21FN4. The average Bonchev–Trinajstić information content (AvgIpc) is 2.87. The molecule has 0 bridgehead atoms. The Hall–Kier alpha value is -1.75.